The molecular weight excluding hydrogens is 274 g/mol. The number of methoxy groups -OCH3 is 1. The molecule has 2 rings (SSSR count). The smallest absolute Gasteiger partial charge is 0.337 e. The third-order valence-electron chi connectivity index (χ3n) is 3.27. The summed E-state index contributed by atoms with van der Waals surface area (Å²) in [6.45, 7) is 2.15. The molecule has 3 nitrogen and oxygen atoms in total. The van der Waals surface area contributed by atoms with Crippen LogP contribution in [0.25, 0.3) is 6.08 Å². The van der Waals surface area contributed by atoms with Crippen molar-refractivity contribution in [3.05, 3.63) is 71.4 Å². The Morgan fingerprint density at radius 2 is 1.77 bits per heavy atom. The summed E-state index contributed by atoms with van der Waals surface area (Å²) < 4.78 is 4.71. The molecule has 0 atom stereocenters. The summed E-state index contributed by atoms with van der Waals surface area (Å²) >= 11 is 0. The minimum Gasteiger partial charge on any atom is -0.465 e. The molecule has 0 bridgehead atoms. The number of carbonyl (C=O) groups is 1. The maximum absolute atomic E-state index is 11.4. The molecule has 0 amide bonds. The molecule has 0 unspecified atom stereocenters. The van der Waals surface area contributed by atoms with Crippen molar-refractivity contribution in [1.82, 2.24) is 0 Å². The molecule has 0 aromatic heterocycles. The van der Waals surface area contributed by atoms with E-state index in [1.807, 2.05) is 42.5 Å². The summed E-state index contributed by atoms with van der Waals surface area (Å²) in [5, 5.41) is 3.45. The van der Waals surface area contributed by atoms with E-state index in [9.17, 15) is 4.79 Å². The van der Waals surface area contributed by atoms with Crippen LogP contribution >= 0.6 is 0 Å². The van der Waals surface area contributed by atoms with Crippen molar-refractivity contribution in [1.29, 1.82) is 0 Å². The van der Waals surface area contributed by atoms with Crippen LogP contribution in [0.2, 0.25) is 0 Å². The van der Waals surface area contributed by atoms with Gasteiger partial charge < -0.3 is 10.1 Å². The molecule has 2 aromatic carbocycles. The molecular formula is C19H21NO2. The topological polar surface area (TPSA) is 38.3 Å². The van der Waals surface area contributed by atoms with E-state index in [-0.39, 0.29) is 5.97 Å². The Morgan fingerprint density at radius 1 is 1.09 bits per heavy atom. The molecule has 114 valence electrons. The molecule has 0 aliphatic carbocycles. The molecule has 0 spiro atoms. The number of esters is 1. The number of allylic oxidation sites excluding steroid dienone is 1. The average Bonchev–Trinajstić information content (AvgIpc) is 2.56. The molecule has 1 N–H and O–H groups in total. The summed E-state index contributed by atoms with van der Waals surface area (Å²) in [4.78, 5) is 11.4. The normalized spacial score (nSPS) is 11.1. The number of rotatable bonds is 6. The number of nitrogens with one attached hydrogen (secondary N) is 1. The van der Waals surface area contributed by atoms with Crippen LogP contribution in [0.15, 0.2) is 60.3 Å². The van der Waals surface area contributed by atoms with Gasteiger partial charge in [0.1, 0.15) is 0 Å². The van der Waals surface area contributed by atoms with Crippen LogP contribution in [-0.4, -0.2) is 13.1 Å². The highest BCUT2D eigenvalue weighted by molar-refractivity contribution is 5.89. The Balaban J connectivity index is 2.17. The largest absolute Gasteiger partial charge is 0.465 e. The maximum atomic E-state index is 11.4. The number of benzene rings is 2. The van der Waals surface area contributed by atoms with Crippen LogP contribution in [0.5, 0.6) is 0 Å². The predicted molar refractivity (Wildman–Crippen MR) is 90.7 cm³/mol. The Morgan fingerprint density at radius 3 is 2.36 bits per heavy atom. The number of carbonyl (C=O) groups excluding carboxylic acids is 1. The molecule has 0 radical (unpaired) electrons. The van der Waals surface area contributed by atoms with Gasteiger partial charge in [0.25, 0.3) is 0 Å². The van der Waals surface area contributed by atoms with Crippen molar-refractivity contribution in [3.63, 3.8) is 0 Å². The van der Waals surface area contributed by atoms with Crippen LogP contribution in [0.4, 0.5) is 5.69 Å². The highest BCUT2D eigenvalue weighted by Gasteiger charge is 2.04. The van der Waals surface area contributed by atoms with Gasteiger partial charge in [-0.05, 0) is 42.3 Å². The molecule has 0 saturated heterocycles. The molecule has 2 aromatic rings. The van der Waals surface area contributed by atoms with Crippen LogP contribution in [0.3, 0.4) is 0 Å². The first-order valence-corrected chi connectivity index (χ1v) is 7.44. The third kappa shape index (κ3) is 4.48. The van der Waals surface area contributed by atoms with Gasteiger partial charge in [-0.25, -0.2) is 4.79 Å². The monoisotopic (exact) mass is 295 g/mol. The van der Waals surface area contributed by atoms with Crippen molar-refractivity contribution >= 4 is 17.7 Å². The van der Waals surface area contributed by atoms with E-state index in [1.54, 1.807) is 12.1 Å². The van der Waals surface area contributed by atoms with E-state index in [0.717, 1.165) is 29.8 Å². The van der Waals surface area contributed by atoms with Crippen molar-refractivity contribution in [2.45, 2.75) is 19.8 Å². The predicted octanol–water partition coefficient (Wildman–Crippen LogP) is 4.73. The fourth-order valence-electron chi connectivity index (χ4n) is 2.18. The molecule has 0 saturated carbocycles. The second-order valence-electron chi connectivity index (χ2n) is 5.02. The van der Waals surface area contributed by atoms with Gasteiger partial charge in [0.05, 0.1) is 12.7 Å². The summed E-state index contributed by atoms with van der Waals surface area (Å²) in [5.41, 5.74) is 3.85. The van der Waals surface area contributed by atoms with Gasteiger partial charge >= 0.3 is 5.97 Å². The highest BCUT2D eigenvalue weighted by atomic mass is 16.5. The molecule has 0 fully saturated rings. The van der Waals surface area contributed by atoms with Crippen molar-refractivity contribution in [3.8, 4) is 0 Å². The molecule has 0 aliphatic rings. The van der Waals surface area contributed by atoms with E-state index in [1.165, 1.54) is 7.11 Å². The molecule has 3 heteroatoms. The van der Waals surface area contributed by atoms with Crippen LogP contribution in [0, 0.1) is 0 Å². The van der Waals surface area contributed by atoms with E-state index in [4.69, 9.17) is 4.74 Å². The fraction of sp³-hybridized carbons (Fsp3) is 0.211. The lowest BCUT2D eigenvalue weighted by Gasteiger charge is -2.10. The second kappa shape index (κ2) is 8.03. The van der Waals surface area contributed by atoms with Gasteiger partial charge in [0.2, 0.25) is 0 Å². The third-order valence-corrected chi connectivity index (χ3v) is 3.27. The minimum atomic E-state index is -0.313. The lowest BCUT2D eigenvalue weighted by Crippen LogP contribution is -2.01. The zero-order valence-corrected chi connectivity index (χ0v) is 13.0. The van der Waals surface area contributed by atoms with E-state index in [0.29, 0.717) is 5.56 Å². The summed E-state index contributed by atoms with van der Waals surface area (Å²) in [7, 11) is 1.39. The first-order chi connectivity index (χ1) is 10.7. The average molecular weight is 295 g/mol. The van der Waals surface area contributed by atoms with Crippen LogP contribution < -0.4 is 5.32 Å². The van der Waals surface area contributed by atoms with E-state index in [2.05, 4.69) is 18.3 Å². The zero-order chi connectivity index (χ0) is 15.8. The van der Waals surface area contributed by atoms with Gasteiger partial charge in [-0.2, -0.15) is 0 Å². The molecule has 0 aliphatic heterocycles. The van der Waals surface area contributed by atoms with Gasteiger partial charge in [-0.3, -0.25) is 0 Å². The first kappa shape index (κ1) is 15.8. The number of hydrogen-bond donors (Lipinski definition) is 1. The minimum absolute atomic E-state index is 0.313. The Labute approximate surface area is 131 Å². The standard InChI is InChI=1S/C19H21NO2/c1-3-7-18(20-17-8-5-4-6-9-17)14-15-10-12-16(13-11-15)19(21)22-2/h4-6,8-14,20H,3,7H2,1-2H3. The van der Waals surface area contributed by atoms with Gasteiger partial charge in [0.15, 0.2) is 0 Å². The number of anilines is 1. The van der Waals surface area contributed by atoms with Crippen LogP contribution in [0.1, 0.15) is 35.7 Å². The van der Waals surface area contributed by atoms with Crippen molar-refractivity contribution in [2.75, 3.05) is 12.4 Å². The Hall–Kier alpha value is -2.55. The van der Waals surface area contributed by atoms with Crippen molar-refractivity contribution in [2.24, 2.45) is 0 Å². The first-order valence-electron chi connectivity index (χ1n) is 7.44. The molecule has 0 heterocycles. The zero-order valence-electron chi connectivity index (χ0n) is 13.0. The van der Waals surface area contributed by atoms with Crippen molar-refractivity contribution < 1.29 is 9.53 Å². The summed E-state index contributed by atoms with van der Waals surface area (Å²) in [6.07, 6.45) is 4.14. The lowest BCUT2D eigenvalue weighted by molar-refractivity contribution is 0.0601. The Bertz CT molecular complexity index is 630. The number of para-hydroxylation sites is 1. The van der Waals surface area contributed by atoms with Gasteiger partial charge in [0, 0.05) is 11.4 Å². The summed E-state index contributed by atoms with van der Waals surface area (Å²) in [5.74, 6) is -0.313. The maximum Gasteiger partial charge on any atom is 0.337 e. The number of hydrogen-bond acceptors (Lipinski definition) is 3. The SMILES string of the molecule is CCCC(=Cc1ccc(C(=O)OC)cc1)Nc1ccccc1. The number of ether oxygens (including phenoxy) is 1. The lowest BCUT2D eigenvalue weighted by atomic mass is 10.1. The van der Waals surface area contributed by atoms with Gasteiger partial charge in [-0.1, -0.05) is 43.7 Å². The second-order valence-corrected chi connectivity index (χ2v) is 5.02. The van der Waals surface area contributed by atoms with Crippen LogP contribution in [-0.2, 0) is 4.74 Å². The summed E-state index contributed by atoms with van der Waals surface area (Å²) in [6, 6.07) is 17.5. The molecule has 22 heavy (non-hydrogen) atoms. The fourth-order valence-corrected chi connectivity index (χ4v) is 2.18. The quantitative estimate of drug-likeness (QED) is 0.783. The van der Waals surface area contributed by atoms with E-state index >= 15 is 0 Å². The Kier molecular flexibility index (Phi) is 5.78. The van der Waals surface area contributed by atoms with E-state index < -0.39 is 0 Å². The van der Waals surface area contributed by atoms with Gasteiger partial charge in [-0.15, -0.1) is 0 Å². The highest BCUT2D eigenvalue weighted by Crippen LogP contribution is 2.17.